The monoisotopic (exact) mass is 295 g/mol. The number of rotatable bonds is 5. The molecule has 1 fully saturated rings. The number of ether oxygens (including phenoxy) is 2. The molecule has 0 unspecified atom stereocenters. The summed E-state index contributed by atoms with van der Waals surface area (Å²) in [5.74, 6) is 1.34. The lowest BCUT2D eigenvalue weighted by Crippen LogP contribution is -2.32. The first-order valence-corrected chi connectivity index (χ1v) is 7.29. The summed E-state index contributed by atoms with van der Waals surface area (Å²) in [7, 11) is 3.24. The van der Waals surface area contributed by atoms with Crippen LogP contribution in [-0.2, 0) is 0 Å². The largest absolute Gasteiger partial charge is 0.493 e. The number of aliphatic hydroxyl groups excluding tert-OH is 1. The Labute approximate surface area is 126 Å². The summed E-state index contributed by atoms with van der Waals surface area (Å²) in [6, 6.07) is 3.75. The molecule has 0 amide bonds. The average molecular weight is 295 g/mol. The number of methoxy groups -OCH3 is 2. The van der Waals surface area contributed by atoms with Gasteiger partial charge in [0.05, 0.1) is 32.2 Å². The van der Waals surface area contributed by atoms with Crippen molar-refractivity contribution in [3.63, 3.8) is 0 Å². The molecular weight excluding hydrogens is 270 g/mol. The molecule has 21 heavy (non-hydrogen) atoms. The number of β-amino-alcohol motifs (C(OH)–C–C–N with tert-alkyl or cyclic N) is 1. The minimum Gasteiger partial charge on any atom is -0.493 e. The van der Waals surface area contributed by atoms with Crippen molar-refractivity contribution in [2.75, 3.05) is 64.2 Å². The lowest BCUT2D eigenvalue weighted by Gasteiger charge is -2.25. The smallest absolute Gasteiger partial charge is 0.162 e. The van der Waals surface area contributed by atoms with Gasteiger partial charge in [0.15, 0.2) is 11.5 Å². The lowest BCUT2D eigenvalue weighted by atomic mass is 10.2. The van der Waals surface area contributed by atoms with Crippen molar-refractivity contribution < 1.29 is 14.6 Å². The maximum atomic E-state index is 9.06. The zero-order valence-corrected chi connectivity index (χ0v) is 12.8. The highest BCUT2D eigenvalue weighted by Crippen LogP contribution is 2.37. The fraction of sp³-hybridized carbons (Fsp3) is 0.600. The second kappa shape index (κ2) is 7.38. The molecule has 1 aliphatic heterocycles. The van der Waals surface area contributed by atoms with Crippen LogP contribution in [0.1, 0.15) is 6.42 Å². The highest BCUT2D eigenvalue weighted by molar-refractivity contribution is 5.73. The number of hydrogen-bond acceptors (Lipinski definition) is 6. The van der Waals surface area contributed by atoms with E-state index in [-0.39, 0.29) is 6.61 Å². The van der Waals surface area contributed by atoms with Gasteiger partial charge < -0.3 is 25.2 Å². The molecule has 118 valence electrons. The van der Waals surface area contributed by atoms with Crippen LogP contribution in [0.25, 0.3) is 0 Å². The lowest BCUT2D eigenvalue weighted by molar-refractivity contribution is 0.204. The molecule has 2 rings (SSSR count). The Morgan fingerprint density at radius 3 is 2.48 bits per heavy atom. The highest BCUT2D eigenvalue weighted by atomic mass is 16.5. The minimum atomic E-state index is 0.207. The second-order valence-electron chi connectivity index (χ2n) is 5.17. The van der Waals surface area contributed by atoms with E-state index in [1.54, 1.807) is 14.2 Å². The molecule has 3 N–H and O–H groups in total. The van der Waals surface area contributed by atoms with E-state index >= 15 is 0 Å². The zero-order chi connectivity index (χ0) is 15.2. The first kappa shape index (κ1) is 15.7. The molecule has 0 aliphatic carbocycles. The van der Waals surface area contributed by atoms with E-state index in [1.165, 1.54) is 0 Å². The van der Waals surface area contributed by atoms with E-state index in [0.29, 0.717) is 17.2 Å². The van der Waals surface area contributed by atoms with Crippen LogP contribution in [0, 0.1) is 0 Å². The van der Waals surface area contributed by atoms with Crippen LogP contribution in [0.2, 0.25) is 0 Å². The van der Waals surface area contributed by atoms with Crippen molar-refractivity contribution in [3.8, 4) is 11.5 Å². The van der Waals surface area contributed by atoms with E-state index in [2.05, 4.69) is 9.80 Å². The third kappa shape index (κ3) is 3.71. The van der Waals surface area contributed by atoms with Crippen molar-refractivity contribution in [1.82, 2.24) is 4.90 Å². The number of aliphatic hydroxyl groups is 1. The predicted octanol–water partition coefficient (Wildman–Crippen LogP) is 0.790. The highest BCUT2D eigenvalue weighted by Gasteiger charge is 2.18. The standard InChI is InChI=1S/C15H25N3O3/c1-20-14-10-12(16)13(11-15(14)21-2)18-5-3-4-17(6-7-18)8-9-19/h10-11,19H,3-9,16H2,1-2H3. The van der Waals surface area contributed by atoms with E-state index in [4.69, 9.17) is 20.3 Å². The molecule has 0 aromatic heterocycles. The van der Waals surface area contributed by atoms with Gasteiger partial charge in [-0.05, 0) is 13.0 Å². The number of nitrogen functional groups attached to an aromatic ring is 1. The van der Waals surface area contributed by atoms with Crippen LogP contribution in [0.3, 0.4) is 0 Å². The normalized spacial score (nSPS) is 16.6. The van der Waals surface area contributed by atoms with Gasteiger partial charge in [-0.2, -0.15) is 0 Å². The molecule has 0 bridgehead atoms. The molecule has 1 saturated heterocycles. The quantitative estimate of drug-likeness (QED) is 0.783. The molecule has 0 radical (unpaired) electrons. The molecule has 0 spiro atoms. The maximum absolute atomic E-state index is 9.06. The van der Waals surface area contributed by atoms with Crippen molar-refractivity contribution in [1.29, 1.82) is 0 Å². The van der Waals surface area contributed by atoms with Gasteiger partial charge in [-0.3, -0.25) is 4.90 Å². The molecule has 6 nitrogen and oxygen atoms in total. The van der Waals surface area contributed by atoms with Crippen LogP contribution in [0.4, 0.5) is 11.4 Å². The number of benzene rings is 1. The maximum Gasteiger partial charge on any atom is 0.162 e. The third-order valence-corrected chi connectivity index (χ3v) is 3.88. The van der Waals surface area contributed by atoms with E-state index in [9.17, 15) is 0 Å². The summed E-state index contributed by atoms with van der Waals surface area (Å²) in [5.41, 5.74) is 7.85. The molecule has 1 aromatic rings. The number of nitrogens with two attached hydrogens (primary N) is 1. The first-order chi connectivity index (χ1) is 10.2. The van der Waals surface area contributed by atoms with Crippen LogP contribution >= 0.6 is 0 Å². The van der Waals surface area contributed by atoms with Gasteiger partial charge in [0.25, 0.3) is 0 Å². The van der Waals surface area contributed by atoms with E-state index in [1.807, 2.05) is 12.1 Å². The second-order valence-corrected chi connectivity index (χ2v) is 5.17. The van der Waals surface area contributed by atoms with Gasteiger partial charge >= 0.3 is 0 Å². The fourth-order valence-electron chi connectivity index (χ4n) is 2.73. The summed E-state index contributed by atoms with van der Waals surface area (Å²) in [6.07, 6.45) is 1.05. The summed E-state index contributed by atoms with van der Waals surface area (Å²) in [6.45, 7) is 4.70. The molecule has 0 saturated carbocycles. The number of hydrogen-bond donors (Lipinski definition) is 2. The molecule has 1 heterocycles. The van der Waals surface area contributed by atoms with Gasteiger partial charge in [0.1, 0.15) is 0 Å². The Morgan fingerprint density at radius 1 is 1.10 bits per heavy atom. The molecule has 1 aromatic carbocycles. The minimum absolute atomic E-state index is 0.207. The van der Waals surface area contributed by atoms with Crippen molar-refractivity contribution in [2.45, 2.75) is 6.42 Å². The summed E-state index contributed by atoms with van der Waals surface area (Å²) in [4.78, 5) is 4.55. The number of anilines is 2. The summed E-state index contributed by atoms with van der Waals surface area (Å²) in [5, 5.41) is 9.06. The Balaban J connectivity index is 2.17. The van der Waals surface area contributed by atoms with Gasteiger partial charge in [-0.1, -0.05) is 0 Å². The number of nitrogens with zero attached hydrogens (tertiary/aromatic N) is 2. The van der Waals surface area contributed by atoms with Crippen LogP contribution < -0.4 is 20.1 Å². The van der Waals surface area contributed by atoms with Crippen molar-refractivity contribution >= 4 is 11.4 Å². The van der Waals surface area contributed by atoms with E-state index < -0.39 is 0 Å². The zero-order valence-electron chi connectivity index (χ0n) is 12.8. The van der Waals surface area contributed by atoms with E-state index in [0.717, 1.165) is 44.8 Å². The van der Waals surface area contributed by atoms with Crippen LogP contribution in [0.15, 0.2) is 12.1 Å². The van der Waals surface area contributed by atoms with Crippen molar-refractivity contribution in [2.24, 2.45) is 0 Å². The topological polar surface area (TPSA) is 71.2 Å². The molecule has 6 heteroatoms. The molecule has 1 aliphatic rings. The van der Waals surface area contributed by atoms with Gasteiger partial charge in [0.2, 0.25) is 0 Å². The van der Waals surface area contributed by atoms with Crippen molar-refractivity contribution in [3.05, 3.63) is 12.1 Å². The van der Waals surface area contributed by atoms with Crippen LogP contribution in [0.5, 0.6) is 11.5 Å². The average Bonchev–Trinajstić information content (AvgIpc) is 2.73. The molecular formula is C15H25N3O3. The summed E-state index contributed by atoms with van der Waals surface area (Å²) >= 11 is 0. The summed E-state index contributed by atoms with van der Waals surface area (Å²) < 4.78 is 10.6. The fourth-order valence-corrected chi connectivity index (χ4v) is 2.73. The van der Waals surface area contributed by atoms with Crippen LogP contribution in [-0.4, -0.2) is 63.6 Å². The molecule has 0 atom stereocenters. The Morgan fingerprint density at radius 2 is 1.81 bits per heavy atom. The van der Waals surface area contributed by atoms with Gasteiger partial charge in [-0.15, -0.1) is 0 Å². The van der Waals surface area contributed by atoms with Gasteiger partial charge in [0, 0.05) is 38.3 Å². The SMILES string of the molecule is COc1cc(N)c(N2CCCN(CCO)CC2)cc1OC. The third-order valence-electron chi connectivity index (χ3n) is 3.88. The Kier molecular flexibility index (Phi) is 5.52. The predicted molar refractivity (Wildman–Crippen MR) is 84.3 cm³/mol. The first-order valence-electron chi connectivity index (χ1n) is 7.29. The van der Waals surface area contributed by atoms with Gasteiger partial charge in [-0.25, -0.2) is 0 Å². The Hall–Kier alpha value is -1.66. The Bertz CT molecular complexity index is 468.